The van der Waals surface area contributed by atoms with E-state index >= 15 is 0 Å². The van der Waals surface area contributed by atoms with Crippen LogP contribution in [0.3, 0.4) is 0 Å². The first kappa shape index (κ1) is 13.9. The van der Waals surface area contributed by atoms with E-state index in [0.717, 1.165) is 12.0 Å². The summed E-state index contributed by atoms with van der Waals surface area (Å²) in [5.41, 5.74) is 1.30. The topological polar surface area (TPSA) is 32.3 Å². The Balaban J connectivity index is 2.81. The van der Waals surface area contributed by atoms with Crippen LogP contribution in [-0.2, 0) is 0 Å². The third kappa shape index (κ3) is 3.65. The van der Waals surface area contributed by atoms with Crippen molar-refractivity contribution < 1.29 is 9.50 Å². The fourth-order valence-corrected chi connectivity index (χ4v) is 1.80. The fraction of sp³-hybridized carbons (Fsp3) is 0.429. The molecule has 1 aromatic rings. The Labute approximate surface area is 102 Å². The maximum absolute atomic E-state index is 13.1. The minimum absolute atomic E-state index is 0.0436. The fourth-order valence-electron chi connectivity index (χ4n) is 1.80. The molecule has 2 atom stereocenters. The molecule has 0 saturated carbocycles. The molecule has 0 amide bonds. The van der Waals surface area contributed by atoms with Gasteiger partial charge in [0.1, 0.15) is 5.82 Å². The van der Waals surface area contributed by atoms with Gasteiger partial charge in [-0.1, -0.05) is 25.1 Å². The van der Waals surface area contributed by atoms with Crippen LogP contribution in [0.2, 0.25) is 0 Å². The molecule has 0 fully saturated rings. The molecular weight excluding hydrogens is 217 g/mol. The van der Waals surface area contributed by atoms with Crippen molar-refractivity contribution in [1.82, 2.24) is 5.32 Å². The molecule has 1 rings (SSSR count). The molecule has 2 nitrogen and oxygen atoms in total. The summed E-state index contributed by atoms with van der Waals surface area (Å²) in [7, 11) is 0. The molecule has 0 bridgehead atoms. The molecule has 1 aromatic carbocycles. The zero-order valence-corrected chi connectivity index (χ0v) is 10.4. The molecule has 0 aromatic heterocycles. The molecule has 2 unspecified atom stereocenters. The molecule has 0 radical (unpaired) electrons. The lowest BCUT2D eigenvalue weighted by atomic mass is 9.98. The summed E-state index contributed by atoms with van der Waals surface area (Å²) in [6.45, 7) is 7.98. The van der Waals surface area contributed by atoms with Gasteiger partial charge in [0, 0.05) is 12.6 Å². The van der Waals surface area contributed by atoms with Crippen molar-refractivity contribution in [2.24, 2.45) is 0 Å². The summed E-state index contributed by atoms with van der Waals surface area (Å²) >= 11 is 0. The van der Waals surface area contributed by atoms with Gasteiger partial charge in [-0.15, -0.1) is 6.58 Å². The third-order valence-corrected chi connectivity index (χ3v) is 2.87. The van der Waals surface area contributed by atoms with Gasteiger partial charge < -0.3 is 10.4 Å². The number of nitrogens with one attached hydrogen (secondary N) is 1. The summed E-state index contributed by atoms with van der Waals surface area (Å²) in [5, 5.41) is 13.4. The van der Waals surface area contributed by atoms with Gasteiger partial charge in [0.05, 0.1) is 6.10 Å². The Morgan fingerprint density at radius 3 is 2.76 bits per heavy atom. The lowest BCUT2D eigenvalue weighted by Gasteiger charge is -2.23. The van der Waals surface area contributed by atoms with E-state index in [1.807, 2.05) is 6.92 Å². The maximum Gasteiger partial charge on any atom is 0.126 e. The highest BCUT2D eigenvalue weighted by atomic mass is 19.1. The highest BCUT2D eigenvalue weighted by Gasteiger charge is 2.18. The van der Waals surface area contributed by atoms with Crippen LogP contribution in [-0.4, -0.2) is 17.7 Å². The van der Waals surface area contributed by atoms with Crippen LogP contribution in [0.5, 0.6) is 0 Å². The SMILES string of the molecule is C=CCNC(CC)C(O)c1ccc(F)c(C)c1. The second-order valence-corrected chi connectivity index (χ2v) is 4.17. The first-order chi connectivity index (χ1) is 8.10. The molecule has 3 heteroatoms. The Morgan fingerprint density at radius 2 is 2.24 bits per heavy atom. The molecule has 0 saturated heterocycles. The van der Waals surface area contributed by atoms with E-state index in [1.165, 1.54) is 6.07 Å². The number of benzene rings is 1. The number of hydrogen-bond acceptors (Lipinski definition) is 2. The molecule has 0 spiro atoms. The zero-order chi connectivity index (χ0) is 12.8. The number of aliphatic hydroxyl groups is 1. The highest BCUT2D eigenvalue weighted by molar-refractivity contribution is 5.26. The number of halogens is 1. The van der Waals surface area contributed by atoms with Crippen molar-refractivity contribution >= 4 is 0 Å². The normalized spacial score (nSPS) is 14.4. The zero-order valence-electron chi connectivity index (χ0n) is 10.4. The smallest absolute Gasteiger partial charge is 0.126 e. The van der Waals surface area contributed by atoms with Gasteiger partial charge in [0.2, 0.25) is 0 Å². The lowest BCUT2D eigenvalue weighted by molar-refractivity contribution is 0.128. The van der Waals surface area contributed by atoms with Crippen LogP contribution in [0.15, 0.2) is 30.9 Å². The molecule has 0 heterocycles. The van der Waals surface area contributed by atoms with Crippen molar-refractivity contribution in [3.63, 3.8) is 0 Å². The summed E-state index contributed by atoms with van der Waals surface area (Å²) in [6.07, 6.45) is 1.93. The van der Waals surface area contributed by atoms with Gasteiger partial charge in [0.25, 0.3) is 0 Å². The van der Waals surface area contributed by atoms with Crippen molar-refractivity contribution in [3.05, 3.63) is 47.8 Å². The molecular formula is C14H20FNO. The van der Waals surface area contributed by atoms with Crippen LogP contribution in [0, 0.1) is 12.7 Å². The van der Waals surface area contributed by atoms with E-state index in [0.29, 0.717) is 12.1 Å². The van der Waals surface area contributed by atoms with Crippen LogP contribution in [0.25, 0.3) is 0 Å². The quantitative estimate of drug-likeness (QED) is 0.746. The first-order valence-electron chi connectivity index (χ1n) is 5.88. The summed E-state index contributed by atoms with van der Waals surface area (Å²) < 4.78 is 13.1. The Morgan fingerprint density at radius 1 is 1.53 bits per heavy atom. The average Bonchev–Trinajstić information content (AvgIpc) is 2.33. The average molecular weight is 237 g/mol. The van der Waals surface area contributed by atoms with E-state index in [1.54, 1.807) is 25.1 Å². The van der Waals surface area contributed by atoms with Crippen LogP contribution >= 0.6 is 0 Å². The number of rotatable bonds is 6. The van der Waals surface area contributed by atoms with Crippen LogP contribution < -0.4 is 5.32 Å². The first-order valence-corrected chi connectivity index (χ1v) is 5.88. The predicted octanol–water partition coefficient (Wildman–Crippen LogP) is 2.72. The van der Waals surface area contributed by atoms with Crippen LogP contribution in [0.1, 0.15) is 30.6 Å². The summed E-state index contributed by atoms with van der Waals surface area (Å²) in [6, 6.07) is 4.68. The van der Waals surface area contributed by atoms with Gasteiger partial charge in [-0.2, -0.15) is 0 Å². The minimum Gasteiger partial charge on any atom is -0.387 e. The van der Waals surface area contributed by atoms with E-state index in [9.17, 15) is 9.50 Å². The molecule has 17 heavy (non-hydrogen) atoms. The summed E-state index contributed by atoms with van der Waals surface area (Å²) in [5.74, 6) is -0.243. The van der Waals surface area contributed by atoms with E-state index in [2.05, 4.69) is 11.9 Å². The van der Waals surface area contributed by atoms with Crippen molar-refractivity contribution in [2.75, 3.05) is 6.54 Å². The second-order valence-electron chi connectivity index (χ2n) is 4.17. The Hall–Kier alpha value is -1.19. The largest absolute Gasteiger partial charge is 0.387 e. The Kier molecular flexibility index (Phi) is 5.32. The number of aliphatic hydroxyl groups excluding tert-OH is 1. The summed E-state index contributed by atoms with van der Waals surface area (Å²) in [4.78, 5) is 0. The van der Waals surface area contributed by atoms with Gasteiger partial charge in [-0.3, -0.25) is 0 Å². The van der Waals surface area contributed by atoms with Gasteiger partial charge in [-0.25, -0.2) is 4.39 Å². The van der Waals surface area contributed by atoms with E-state index < -0.39 is 6.10 Å². The minimum atomic E-state index is -0.626. The van der Waals surface area contributed by atoms with Crippen molar-refractivity contribution in [3.8, 4) is 0 Å². The molecule has 2 N–H and O–H groups in total. The standard InChI is InChI=1S/C14H20FNO/c1-4-8-16-13(5-2)14(17)11-6-7-12(15)10(3)9-11/h4,6-7,9,13-14,16-17H,1,5,8H2,2-3H3. The van der Waals surface area contributed by atoms with Crippen molar-refractivity contribution in [2.45, 2.75) is 32.4 Å². The number of aryl methyl sites for hydroxylation is 1. The lowest BCUT2D eigenvalue weighted by Crippen LogP contribution is -2.34. The highest BCUT2D eigenvalue weighted by Crippen LogP contribution is 2.21. The predicted molar refractivity (Wildman–Crippen MR) is 68.4 cm³/mol. The van der Waals surface area contributed by atoms with E-state index in [4.69, 9.17) is 0 Å². The second kappa shape index (κ2) is 6.52. The van der Waals surface area contributed by atoms with Gasteiger partial charge in [-0.05, 0) is 30.5 Å². The maximum atomic E-state index is 13.1. The van der Waals surface area contributed by atoms with Gasteiger partial charge in [0.15, 0.2) is 0 Å². The number of hydrogen-bond donors (Lipinski definition) is 2. The van der Waals surface area contributed by atoms with Crippen molar-refractivity contribution in [1.29, 1.82) is 0 Å². The monoisotopic (exact) mass is 237 g/mol. The molecule has 0 aliphatic rings. The van der Waals surface area contributed by atoms with Gasteiger partial charge >= 0.3 is 0 Å². The molecule has 94 valence electrons. The third-order valence-electron chi connectivity index (χ3n) is 2.87. The van der Waals surface area contributed by atoms with Crippen LogP contribution in [0.4, 0.5) is 4.39 Å². The molecule has 0 aliphatic carbocycles. The Bertz CT molecular complexity index is 378. The molecule has 0 aliphatic heterocycles. The van der Waals surface area contributed by atoms with E-state index in [-0.39, 0.29) is 11.9 Å².